The number of carbonyl (C=O) groups excluding carboxylic acids is 2. The van der Waals surface area contributed by atoms with Crippen LogP contribution in [0.4, 0.5) is 0 Å². The minimum absolute atomic E-state index is 0.0722. The summed E-state index contributed by atoms with van der Waals surface area (Å²) in [5, 5.41) is 130. The van der Waals surface area contributed by atoms with Crippen molar-refractivity contribution < 1.29 is 142 Å². The number of carbonyl (C=O) groups is 3. The number of fused-ring (bicyclic) bond motifs is 1. The Hall–Kier alpha value is -2.51. The summed E-state index contributed by atoms with van der Waals surface area (Å²) < 4.78 is 79.2. The molecule has 26 atom stereocenters. The molecule has 6 rings (SSSR count). The Kier molecular flexibility index (Phi) is 23.7. The molecule has 29 nitrogen and oxygen atoms in total. The van der Waals surface area contributed by atoms with E-state index < -0.39 is 216 Å². The molecule has 6 fully saturated rings. The fraction of sp³-hybridized carbons (Fsp3) is 0.936. The number of aliphatic carboxylic acids is 1. The van der Waals surface area contributed by atoms with Crippen molar-refractivity contribution in [2.24, 2.45) is 29.6 Å². The second-order valence-corrected chi connectivity index (χ2v) is 20.2. The first-order valence-corrected chi connectivity index (χ1v) is 25.4. The van der Waals surface area contributed by atoms with E-state index in [2.05, 4.69) is 0 Å². The zero-order valence-electron chi connectivity index (χ0n) is 42.7. The van der Waals surface area contributed by atoms with Crippen LogP contribution in [0.2, 0.25) is 0 Å². The highest BCUT2D eigenvalue weighted by atomic mass is 16.9. The van der Waals surface area contributed by atoms with Gasteiger partial charge < -0.3 is 128 Å². The van der Waals surface area contributed by atoms with E-state index >= 15 is 0 Å². The van der Waals surface area contributed by atoms with Gasteiger partial charge in [-0.05, 0) is 6.42 Å². The molecule has 0 aromatic carbocycles. The quantitative estimate of drug-likeness (QED) is 0.0283. The molecule has 0 bridgehead atoms. The van der Waals surface area contributed by atoms with E-state index in [1.54, 1.807) is 6.92 Å². The number of aliphatic hydroxyl groups is 11. The van der Waals surface area contributed by atoms with Crippen LogP contribution >= 0.6 is 0 Å². The SMILES string of the molecule is CC[C@H]1C(O)C(O)[C@H](COC[C@@H]2C(CO)O[C@@H](COC)C(O)[C@@H]2COC[C@H]2OC(COC(C)=O)[C@@H](O)[C@@H](O)C2COC[C@@H]2OC(C(=O)O)[C@@H](COC[C@@H]3OC4COC(C)(OC=O)O[C@H]4[C@@H](O)C3O)[C@@H](O)C2O)O[C@H]1CO. The van der Waals surface area contributed by atoms with Crippen LogP contribution in [0.25, 0.3) is 0 Å². The van der Waals surface area contributed by atoms with Crippen LogP contribution < -0.4 is 0 Å². The number of hydrogen-bond acceptors (Lipinski definition) is 28. The smallest absolute Gasteiger partial charge is 0.333 e. The normalized spacial score (nSPS) is 44.9. The second-order valence-electron chi connectivity index (χ2n) is 20.2. The number of hydrogen-bond donors (Lipinski definition) is 12. The lowest BCUT2D eigenvalue weighted by Crippen LogP contribution is -2.66. The minimum Gasteiger partial charge on any atom is -0.479 e. The fourth-order valence-electron chi connectivity index (χ4n) is 10.8. The van der Waals surface area contributed by atoms with E-state index in [0.717, 1.165) is 6.92 Å². The largest absolute Gasteiger partial charge is 0.479 e. The molecule has 6 saturated heterocycles. The molecule has 12 N–H and O–H groups in total. The van der Waals surface area contributed by atoms with Crippen molar-refractivity contribution >= 4 is 18.4 Å². The van der Waals surface area contributed by atoms with Crippen LogP contribution in [0, 0.1) is 29.6 Å². The summed E-state index contributed by atoms with van der Waals surface area (Å²) in [6.07, 6.45) is -25.9. The molecule has 0 aromatic rings. The average Bonchev–Trinajstić information content (AvgIpc) is 3.39. The summed E-state index contributed by atoms with van der Waals surface area (Å²) in [4.78, 5) is 35.1. The molecular weight excluding hydrogens is 1030 g/mol. The zero-order chi connectivity index (χ0) is 55.6. The molecule has 0 spiro atoms. The first-order chi connectivity index (χ1) is 36.2. The van der Waals surface area contributed by atoms with Crippen molar-refractivity contribution in [2.75, 3.05) is 93.0 Å². The highest BCUT2D eigenvalue weighted by Crippen LogP contribution is 2.37. The number of carboxylic acids is 1. The number of rotatable bonds is 26. The van der Waals surface area contributed by atoms with Gasteiger partial charge in [0, 0.05) is 50.5 Å². The Morgan fingerprint density at radius 2 is 1.00 bits per heavy atom. The maximum atomic E-state index is 12.5. The van der Waals surface area contributed by atoms with Crippen molar-refractivity contribution in [3.05, 3.63) is 0 Å². The predicted molar refractivity (Wildman–Crippen MR) is 245 cm³/mol. The molecule has 6 aliphatic heterocycles. The van der Waals surface area contributed by atoms with Crippen molar-refractivity contribution in [2.45, 2.75) is 155 Å². The van der Waals surface area contributed by atoms with Gasteiger partial charge in [-0.2, -0.15) is 0 Å². The van der Waals surface area contributed by atoms with Gasteiger partial charge in [0.15, 0.2) is 6.10 Å². The Labute approximate surface area is 437 Å². The topological polar surface area (TPSA) is 423 Å². The average molecular weight is 1110 g/mol. The van der Waals surface area contributed by atoms with E-state index in [1.165, 1.54) is 14.0 Å². The maximum Gasteiger partial charge on any atom is 0.333 e. The number of carboxylic acid groups (broad SMARTS) is 1. The summed E-state index contributed by atoms with van der Waals surface area (Å²) in [7, 11) is 1.40. The van der Waals surface area contributed by atoms with Gasteiger partial charge in [0.2, 0.25) is 0 Å². The van der Waals surface area contributed by atoms with E-state index in [0.29, 0.717) is 6.42 Å². The summed E-state index contributed by atoms with van der Waals surface area (Å²) in [6, 6.07) is 0. The number of esters is 1. The molecule has 76 heavy (non-hydrogen) atoms. The van der Waals surface area contributed by atoms with Crippen molar-refractivity contribution in [3.8, 4) is 0 Å². The maximum absolute atomic E-state index is 12.5. The molecule has 0 aliphatic carbocycles. The van der Waals surface area contributed by atoms with E-state index in [1.807, 2.05) is 0 Å². The molecule has 0 saturated carbocycles. The standard InChI is InChI=1S/C47H78O29/c1-5-21-26(6-48)71-30(39(56)36(21)53)14-64-8-22-23(35(52)29(12-63-4)72-27(22)7-49)9-65-13-28-24(37(54)41(58)33(73-28)17-68-20(2)51)10-66-16-32-40(57)38(55)25(44(75-32)46(61)62)11-67-15-31-42(59)43(60)45-34(74-31)18-69-47(3,76-45)70-19-50/h19,21-45,48-49,52-60H,5-18H2,1-4H3,(H,61,62)/t21-,22+,23-,24?,25+,26+,27?,28-,29+,30+,31+,32+,33?,34?,35?,36?,37+,38-,39?,40?,41-,42?,43+,44?,45-,47?/m1/s1. The van der Waals surface area contributed by atoms with Gasteiger partial charge in [-0.3, -0.25) is 9.59 Å². The second kappa shape index (κ2) is 28.8. The van der Waals surface area contributed by atoms with Crippen LogP contribution in [0.5, 0.6) is 0 Å². The van der Waals surface area contributed by atoms with Gasteiger partial charge >= 0.3 is 17.9 Å². The number of methoxy groups -OCH3 is 1. The van der Waals surface area contributed by atoms with Gasteiger partial charge in [-0.1, -0.05) is 6.92 Å². The molecular formula is C47H78O29. The number of ether oxygens (including phenoxy) is 14. The minimum atomic E-state index is -1.84. The number of aliphatic hydroxyl groups excluding tert-OH is 11. The third-order valence-electron chi connectivity index (χ3n) is 15.2. The Bertz CT molecular complexity index is 1780. The Morgan fingerprint density at radius 1 is 0.539 bits per heavy atom. The van der Waals surface area contributed by atoms with Gasteiger partial charge in [0.25, 0.3) is 6.47 Å². The lowest BCUT2D eigenvalue weighted by molar-refractivity contribution is -0.429. The fourth-order valence-corrected chi connectivity index (χ4v) is 10.8. The molecule has 440 valence electrons. The van der Waals surface area contributed by atoms with Crippen LogP contribution in [0.3, 0.4) is 0 Å². The third kappa shape index (κ3) is 14.9. The Balaban J connectivity index is 1.07. The van der Waals surface area contributed by atoms with Crippen molar-refractivity contribution in [1.29, 1.82) is 0 Å². The van der Waals surface area contributed by atoms with Gasteiger partial charge in [-0.15, -0.1) is 0 Å². The van der Waals surface area contributed by atoms with E-state index in [4.69, 9.17) is 66.3 Å². The molecule has 29 heteroatoms. The summed E-state index contributed by atoms with van der Waals surface area (Å²) >= 11 is 0. The summed E-state index contributed by atoms with van der Waals surface area (Å²) in [6.45, 7) is -0.382. The van der Waals surface area contributed by atoms with Crippen LogP contribution in [-0.2, 0) is 80.7 Å². The highest BCUT2D eigenvalue weighted by molar-refractivity contribution is 5.73. The third-order valence-corrected chi connectivity index (χ3v) is 15.2. The van der Waals surface area contributed by atoms with Gasteiger partial charge in [-0.25, -0.2) is 4.79 Å². The molecule has 11 unspecified atom stereocenters. The summed E-state index contributed by atoms with van der Waals surface area (Å²) in [5.41, 5.74) is 0. The monoisotopic (exact) mass is 1110 g/mol. The van der Waals surface area contributed by atoms with Crippen LogP contribution in [0.15, 0.2) is 0 Å². The zero-order valence-corrected chi connectivity index (χ0v) is 42.7. The first-order valence-electron chi connectivity index (χ1n) is 25.4. The Morgan fingerprint density at radius 3 is 1.55 bits per heavy atom. The highest BCUT2D eigenvalue weighted by Gasteiger charge is 2.54. The van der Waals surface area contributed by atoms with E-state index in [9.17, 15) is 75.7 Å². The van der Waals surface area contributed by atoms with E-state index in [-0.39, 0.29) is 46.1 Å². The lowest BCUT2D eigenvalue weighted by Gasteiger charge is -2.48. The molecule has 0 amide bonds. The molecule has 6 heterocycles. The van der Waals surface area contributed by atoms with Crippen molar-refractivity contribution in [1.82, 2.24) is 0 Å². The van der Waals surface area contributed by atoms with Gasteiger partial charge in [0.1, 0.15) is 79.9 Å². The first kappa shape index (κ1) is 62.7. The van der Waals surface area contributed by atoms with Crippen molar-refractivity contribution in [3.63, 3.8) is 0 Å². The van der Waals surface area contributed by atoms with Crippen LogP contribution in [-0.4, -0.2) is 301 Å². The summed E-state index contributed by atoms with van der Waals surface area (Å²) in [5.74, 6) is -8.71. The lowest BCUT2D eigenvalue weighted by atomic mass is 9.79. The molecule has 0 aromatic heterocycles. The molecule has 0 radical (unpaired) electrons. The van der Waals surface area contributed by atoms with Gasteiger partial charge in [0.05, 0.1) is 122 Å². The predicted octanol–water partition coefficient (Wildman–Crippen LogP) is -6.83. The molecule has 6 aliphatic rings. The van der Waals surface area contributed by atoms with Crippen LogP contribution in [0.1, 0.15) is 27.2 Å².